The van der Waals surface area contributed by atoms with Gasteiger partial charge in [-0.3, -0.25) is 0 Å². The molecule has 0 amide bonds. The van der Waals surface area contributed by atoms with Crippen molar-refractivity contribution < 1.29 is 22.6 Å². The molecule has 3 rings (SSSR count). The smallest absolute Gasteiger partial charge is 0.276 e. The van der Waals surface area contributed by atoms with Gasteiger partial charge in [-0.15, -0.1) is 0 Å². The minimum atomic E-state index is -3.78. The molecule has 8 heteroatoms. The molecule has 3 aromatic carbocycles. The van der Waals surface area contributed by atoms with E-state index in [0.717, 1.165) is 16.7 Å². The Morgan fingerprint density at radius 2 is 1.56 bits per heavy atom. The zero-order valence-electron chi connectivity index (χ0n) is 18.5. The number of hydrogen-bond donors (Lipinski definition) is 1. The van der Waals surface area contributed by atoms with Gasteiger partial charge in [-0.25, -0.2) is 4.83 Å². The van der Waals surface area contributed by atoms with Gasteiger partial charge in [-0.05, 0) is 54.8 Å². The van der Waals surface area contributed by atoms with Crippen LogP contribution >= 0.6 is 0 Å². The number of hydrazone groups is 1. The Bertz CT molecular complexity index is 1180. The lowest BCUT2D eigenvalue weighted by Gasteiger charge is -2.15. The first-order chi connectivity index (χ1) is 15.3. The van der Waals surface area contributed by atoms with Crippen molar-refractivity contribution in [2.45, 2.75) is 25.3 Å². The molecule has 168 valence electrons. The van der Waals surface area contributed by atoms with E-state index in [-0.39, 0.29) is 4.90 Å². The van der Waals surface area contributed by atoms with Crippen molar-refractivity contribution in [2.75, 3.05) is 14.2 Å². The van der Waals surface area contributed by atoms with Crippen LogP contribution in [0.2, 0.25) is 0 Å². The van der Waals surface area contributed by atoms with Gasteiger partial charge in [-0.1, -0.05) is 36.4 Å². The molecular formula is C24H26N2O5S. The molecule has 0 heterocycles. The Balaban J connectivity index is 1.78. The van der Waals surface area contributed by atoms with Crippen LogP contribution in [0.4, 0.5) is 0 Å². The number of aryl methyl sites for hydroxylation is 2. The highest BCUT2D eigenvalue weighted by molar-refractivity contribution is 7.89. The molecule has 0 aromatic heterocycles. The van der Waals surface area contributed by atoms with Gasteiger partial charge in [0.05, 0.1) is 25.3 Å². The molecule has 0 atom stereocenters. The summed E-state index contributed by atoms with van der Waals surface area (Å²) in [4.78, 5) is 2.39. The van der Waals surface area contributed by atoms with Crippen molar-refractivity contribution in [3.05, 3.63) is 82.9 Å². The highest BCUT2D eigenvalue weighted by Crippen LogP contribution is 2.38. The maximum atomic E-state index is 12.5. The van der Waals surface area contributed by atoms with E-state index < -0.39 is 10.0 Å². The van der Waals surface area contributed by atoms with E-state index in [1.165, 1.54) is 20.4 Å². The highest BCUT2D eigenvalue weighted by atomic mass is 32.2. The van der Waals surface area contributed by atoms with E-state index in [0.29, 0.717) is 29.4 Å². The van der Waals surface area contributed by atoms with Gasteiger partial charge >= 0.3 is 0 Å². The largest absolute Gasteiger partial charge is 0.493 e. The first kappa shape index (κ1) is 23.1. The second-order valence-electron chi connectivity index (χ2n) is 7.13. The average molecular weight is 455 g/mol. The van der Waals surface area contributed by atoms with Crippen molar-refractivity contribution in [1.82, 2.24) is 4.83 Å². The number of nitrogens with zero attached hydrogens (tertiary/aromatic N) is 1. The van der Waals surface area contributed by atoms with E-state index in [9.17, 15) is 8.42 Å². The predicted molar refractivity (Wildman–Crippen MR) is 124 cm³/mol. The van der Waals surface area contributed by atoms with Gasteiger partial charge in [0.15, 0.2) is 11.5 Å². The van der Waals surface area contributed by atoms with E-state index in [1.807, 2.05) is 44.2 Å². The molecule has 0 saturated carbocycles. The fraction of sp³-hybridized carbons (Fsp3) is 0.208. The second-order valence-corrected chi connectivity index (χ2v) is 8.79. The quantitative estimate of drug-likeness (QED) is 0.387. The Morgan fingerprint density at radius 1 is 0.906 bits per heavy atom. The SMILES string of the molecule is COc1cc(/C=N/NS(=O)(=O)c2ccc(C)c(C)c2)cc(OC)c1OCc1ccccc1. The lowest BCUT2D eigenvalue weighted by Crippen LogP contribution is -2.18. The molecule has 0 spiro atoms. The first-order valence-corrected chi connectivity index (χ1v) is 11.4. The Labute approximate surface area is 188 Å². The van der Waals surface area contributed by atoms with Gasteiger partial charge in [0.2, 0.25) is 5.75 Å². The van der Waals surface area contributed by atoms with Crippen molar-refractivity contribution >= 4 is 16.2 Å². The number of ether oxygens (including phenoxy) is 3. The Kier molecular flexibility index (Phi) is 7.37. The fourth-order valence-corrected chi connectivity index (χ4v) is 3.83. The number of sulfonamides is 1. The minimum Gasteiger partial charge on any atom is -0.493 e. The van der Waals surface area contributed by atoms with Gasteiger partial charge in [0.1, 0.15) is 6.61 Å². The Morgan fingerprint density at radius 3 is 2.16 bits per heavy atom. The van der Waals surface area contributed by atoms with Crippen molar-refractivity contribution in [3.8, 4) is 17.2 Å². The molecule has 1 N–H and O–H groups in total. The first-order valence-electron chi connectivity index (χ1n) is 9.89. The zero-order chi connectivity index (χ0) is 23.1. The van der Waals surface area contributed by atoms with Crippen LogP contribution in [-0.4, -0.2) is 28.9 Å². The van der Waals surface area contributed by atoms with Crippen LogP contribution in [0.1, 0.15) is 22.3 Å². The lowest BCUT2D eigenvalue weighted by atomic mass is 10.1. The molecule has 0 saturated heterocycles. The zero-order valence-corrected chi connectivity index (χ0v) is 19.3. The summed E-state index contributed by atoms with van der Waals surface area (Å²) in [6, 6.07) is 18.0. The molecule has 32 heavy (non-hydrogen) atoms. The summed E-state index contributed by atoms with van der Waals surface area (Å²) >= 11 is 0. The number of methoxy groups -OCH3 is 2. The van der Waals surface area contributed by atoms with Crippen LogP contribution in [0.5, 0.6) is 17.2 Å². The van der Waals surface area contributed by atoms with E-state index in [4.69, 9.17) is 14.2 Å². The predicted octanol–water partition coefficient (Wildman–Crippen LogP) is 4.21. The summed E-state index contributed by atoms with van der Waals surface area (Å²) in [5.41, 5.74) is 3.48. The summed E-state index contributed by atoms with van der Waals surface area (Å²) in [6.45, 7) is 4.12. The van der Waals surface area contributed by atoms with Gasteiger partial charge < -0.3 is 14.2 Å². The molecule has 0 fully saturated rings. The molecule has 0 aliphatic carbocycles. The van der Waals surface area contributed by atoms with E-state index >= 15 is 0 Å². The molecule has 0 radical (unpaired) electrons. The van der Waals surface area contributed by atoms with Crippen molar-refractivity contribution in [1.29, 1.82) is 0 Å². The summed E-state index contributed by atoms with van der Waals surface area (Å²) in [5, 5.41) is 3.90. The summed E-state index contributed by atoms with van der Waals surface area (Å²) in [5.74, 6) is 1.34. The monoisotopic (exact) mass is 454 g/mol. The fourth-order valence-electron chi connectivity index (χ4n) is 2.95. The summed E-state index contributed by atoms with van der Waals surface area (Å²) in [7, 11) is -0.741. The van der Waals surface area contributed by atoms with Gasteiger partial charge in [-0.2, -0.15) is 13.5 Å². The average Bonchev–Trinajstić information content (AvgIpc) is 2.79. The third-order valence-corrected chi connectivity index (χ3v) is 6.10. The summed E-state index contributed by atoms with van der Waals surface area (Å²) in [6.07, 6.45) is 1.38. The number of rotatable bonds is 9. The molecule has 7 nitrogen and oxygen atoms in total. The molecule has 0 bridgehead atoms. The molecule has 0 aliphatic heterocycles. The summed E-state index contributed by atoms with van der Waals surface area (Å²) < 4.78 is 41.9. The topological polar surface area (TPSA) is 86.2 Å². The maximum Gasteiger partial charge on any atom is 0.276 e. The molecule has 0 aliphatic rings. The molecule has 3 aromatic rings. The third-order valence-electron chi connectivity index (χ3n) is 4.88. The molecule has 0 unspecified atom stereocenters. The lowest BCUT2D eigenvalue weighted by molar-refractivity contribution is 0.266. The third kappa shape index (κ3) is 5.59. The number of nitrogens with one attached hydrogen (secondary N) is 1. The normalized spacial score (nSPS) is 11.4. The maximum absolute atomic E-state index is 12.5. The van der Waals surface area contributed by atoms with E-state index in [2.05, 4.69) is 9.93 Å². The van der Waals surface area contributed by atoms with Crippen LogP contribution in [0.25, 0.3) is 0 Å². The number of benzene rings is 3. The number of hydrogen-bond acceptors (Lipinski definition) is 6. The van der Waals surface area contributed by atoms with Crippen LogP contribution in [0, 0.1) is 13.8 Å². The van der Waals surface area contributed by atoms with Crippen molar-refractivity contribution in [2.24, 2.45) is 5.10 Å². The van der Waals surface area contributed by atoms with Crippen molar-refractivity contribution in [3.63, 3.8) is 0 Å². The van der Waals surface area contributed by atoms with Crippen LogP contribution < -0.4 is 19.0 Å². The van der Waals surface area contributed by atoms with Crippen LogP contribution in [0.3, 0.4) is 0 Å². The van der Waals surface area contributed by atoms with Gasteiger partial charge in [0.25, 0.3) is 10.0 Å². The van der Waals surface area contributed by atoms with Crippen LogP contribution in [-0.2, 0) is 16.6 Å². The molecular weight excluding hydrogens is 428 g/mol. The van der Waals surface area contributed by atoms with Gasteiger partial charge in [0, 0.05) is 5.56 Å². The van der Waals surface area contributed by atoms with Crippen LogP contribution in [0.15, 0.2) is 70.7 Å². The Hall–Kier alpha value is -3.52. The standard InChI is InChI=1S/C24H26N2O5S/c1-17-10-11-21(12-18(17)2)32(27,28)26-25-15-20-13-22(29-3)24(23(14-20)30-4)31-16-19-8-6-5-7-9-19/h5-15,26H,16H2,1-4H3/b25-15+. The minimum absolute atomic E-state index is 0.151. The highest BCUT2D eigenvalue weighted by Gasteiger charge is 2.15. The van der Waals surface area contributed by atoms with E-state index in [1.54, 1.807) is 30.3 Å². The second kappa shape index (κ2) is 10.2.